The Morgan fingerprint density at radius 1 is 1.42 bits per heavy atom. The average molecular weight is 396 g/mol. The Hall–Kier alpha value is -1.96. The second-order valence-electron chi connectivity index (χ2n) is 6.33. The van der Waals surface area contributed by atoms with E-state index in [1.54, 1.807) is 24.0 Å². The number of likely N-dealkylation sites (tertiary alicyclic amines) is 1. The number of hydrogen-bond acceptors (Lipinski definition) is 5. The second kappa shape index (κ2) is 9.12. The number of nitrogens with zero attached hydrogens (tertiary/aromatic N) is 1. The summed E-state index contributed by atoms with van der Waals surface area (Å²) in [6.07, 6.45) is 0.902. The molecule has 0 bridgehead atoms. The minimum atomic E-state index is -0.666. The molecular weight excluding hydrogens is 374 g/mol. The number of rotatable bonds is 6. The number of allylic oxidation sites excluding steroid dienone is 2. The van der Waals surface area contributed by atoms with Crippen LogP contribution in [0.4, 0.5) is 0 Å². The summed E-state index contributed by atoms with van der Waals surface area (Å²) < 4.78 is 0. The van der Waals surface area contributed by atoms with E-state index in [2.05, 4.69) is 5.32 Å². The topological polar surface area (TPSA) is 95.7 Å². The van der Waals surface area contributed by atoms with Gasteiger partial charge in [-0.1, -0.05) is 36.0 Å². The molecule has 0 saturated carbocycles. The number of nitrogens with two attached hydrogens (primary N) is 1. The zero-order valence-electron chi connectivity index (χ0n) is 14.4. The van der Waals surface area contributed by atoms with Crippen LogP contribution in [0, 0.1) is 0 Å². The number of ketones is 1. The number of benzene rings is 1. The average Bonchev–Trinajstić information content (AvgIpc) is 2.95. The molecule has 0 unspecified atom stereocenters. The van der Waals surface area contributed by atoms with Crippen LogP contribution < -0.4 is 11.1 Å². The van der Waals surface area contributed by atoms with Crippen LogP contribution in [0.1, 0.15) is 25.3 Å². The van der Waals surface area contributed by atoms with Gasteiger partial charge in [0.15, 0.2) is 5.78 Å². The Balaban J connectivity index is 1.97. The van der Waals surface area contributed by atoms with Gasteiger partial charge in [0, 0.05) is 30.2 Å². The lowest BCUT2D eigenvalue weighted by Crippen LogP contribution is -2.45. The van der Waals surface area contributed by atoms with E-state index in [9.17, 15) is 14.7 Å². The molecule has 2 atom stereocenters. The number of aliphatic hydroxyl groups excluding tert-OH is 1. The van der Waals surface area contributed by atoms with Crippen LogP contribution in [0.2, 0.25) is 5.02 Å². The highest BCUT2D eigenvalue weighted by molar-refractivity contribution is 7.80. The fourth-order valence-electron chi connectivity index (χ4n) is 2.80. The summed E-state index contributed by atoms with van der Waals surface area (Å²) >= 11 is 11.2. The van der Waals surface area contributed by atoms with Crippen molar-refractivity contribution in [2.75, 3.05) is 6.54 Å². The SMILES string of the molecule is CC(N)=CC(=O)CC(=S)N1C[C@H](O)C[C@H]1C(=O)NCc1ccc(Cl)cc1. The summed E-state index contributed by atoms with van der Waals surface area (Å²) in [7, 11) is 0. The number of amides is 1. The van der Waals surface area contributed by atoms with E-state index in [4.69, 9.17) is 29.6 Å². The Bertz CT molecular complexity index is 717. The molecule has 1 aliphatic rings. The minimum absolute atomic E-state index is 0.0163. The van der Waals surface area contributed by atoms with E-state index in [0.717, 1.165) is 5.56 Å². The first-order valence-corrected chi connectivity index (χ1v) is 9.01. The molecule has 26 heavy (non-hydrogen) atoms. The summed E-state index contributed by atoms with van der Waals surface area (Å²) in [4.78, 5) is 26.4. The Morgan fingerprint density at radius 2 is 2.08 bits per heavy atom. The van der Waals surface area contributed by atoms with Gasteiger partial charge in [0.1, 0.15) is 6.04 Å². The van der Waals surface area contributed by atoms with Crippen LogP contribution >= 0.6 is 23.8 Å². The maximum Gasteiger partial charge on any atom is 0.243 e. The largest absolute Gasteiger partial charge is 0.402 e. The number of hydrogen-bond donors (Lipinski definition) is 3. The van der Waals surface area contributed by atoms with E-state index < -0.39 is 12.1 Å². The van der Waals surface area contributed by atoms with Gasteiger partial charge in [0.05, 0.1) is 17.5 Å². The molecule has 0 aromatic heterocycles. The molecule has 1 aromatic rings. The summed E-state index contributed by atoms with van der Waals surface area (Å²) in [6.45, 7) is 2.20. The molecule has 1 aliphatic heterocycles. The lowest BCUT2D eigenvalue weighted by molar-refractivity contribution is -0.124. The van der Waals surface area contributed by atoms with E-state index >= 15 is 0 Å². The van der Waals surface area contributed by atoms with E-state index in [1.165, 1.54) is 6.08 Å². The molecule has 1 aromatic carbocycles. The van der Waals surface area contributed by atoms with E-state index in [-0.39, 0.29) is 31.1 Å². The van der Waals surface area contributed by atoms with Gasteiger partial charge in [-0.15, -0.1) is 0 Å². The number of thiocarbonyl (C=S) groups is 1. The number of carbonyl (C=O) groups is 2. The Labute approximate surface area is 163 Å². The molecule has 0 aliphatic carbocycles. The van der Waals surface area contributed by atoms with Gasteiger partial charge >= 0.3 is 0 Å². The smallest absolute Gasteiger partial charge is 0.243 e. The Morgan fingerprint density at radius 3 is 2.69 bits per heavy atom. The van der Waals surface area contributed by atoms with Crippen molar-refractivity contribution in [2.45, 2.75) is 38.5 Å². The second-order valence-corrected chi connectivity index (χ2v) is 7.23. The van der Waals surface area contributed by atoms with Crippen LogP contribution in [0.15, 0.2) is 36.0 Å². The van der Waals surface area contributed by atoms with Gasteiger partial charge in [0.2, 0.25) is 5.91 Å². The normalized spacial score (nSPS) is 20.1. The van der Waals surface area contributed by atoms with Gasteiger partial charge in [0.25, 0.3) is 0 Å². The van der Waals surface area contributed by atoms with Gasteiger partial charge in [-0.25, -0.2) is 0 Å². The van der Waals surface area contributed by atoms with Crippen molar-refractivity contribution in [2.24, 2.45) is 5.73 Å². The predicted octanol–water partition coefficient (Wildman–Crippen LogP) is 1.54. The highest BCUT2D eigenvalue weighted by Gasteiger charge is 2.37. The summed E-state index contributed by atoms with van der Waals surface area (Å²) in [5.74, 6) is -0.464. The molecule has 2 rings (SSSR count). The first-order chi connectivity index (χ1) is 12.3. The number of β-amino-alcohol motifs (C(OH)–C–C–N with tert-alkyl or cyclic N) is 1. The van der Waals surface area contributed by atoms with E-state index in [0.29, 0.717) is 22.3 Å². The maximum atomic E-state index is 12.5. The third-order valence-electron chi connectivity index (χ3n) is 4.00. The standard InChI is InChI=1S/C18H22ClN3O3S/c1-11(20)6-14(23)8-17(26)22-10-15(24)7-16(22)18(25)21-9-12-2-4-13(19)5-3-12/h2-6,15-16,24H,7-10,20H2,1H3,(H,21,25)/t15-,16+/m1/s1. The van der Waals surface area contributed by atoms with Crippen molar-refractivity contribution in [3.05, 3.63) is 46.6 Å². The number of halogens is 1. The quantitative estimate of drug-likeness (QED) is 0.499. The van der Waals surface area contributed by atoms with Crippen LogP contribution in [0.25, 0.3) is 0 Å². The van der Waals surface area contributed by atoms with Crippen molar-refractivity contribution in [1.82, 2.24) is 10.2 Å². The molecule has 1 amide bonds. The van der Waals surface area contributed by atoms with Gasteiger partial charge in [-0.05, 0) is 30.7 Å². The van der Waals surface area contributed by atoms with Crippen molar-refractivity contribution < 1.29 is 14.7 Å². The first-order valence-electron chi connectivity index (χ1n) is 8.22. The third kappa shape index (κ3) is 5.79. The van der Waals surface area contributed by atoms with Crippen molar-refractivity contribution in [3.63, 3.8) is 0 Å². The van der Waals surface area contributed by atoms with Crippen molar-refractivity contribution in [3.8, 4) is 0 Å². The fraction of sp³-hybridized carbons (Fsp3) is 0.389. The lowest BCUT2D eigenvalue weighted by atomic mass is 10.1. The molecule has 1 fully saturated rings. The molecule has 4 N–H and O–H groups in total. The summed E-state index contributed by atoms with van der Waals surface area (Å²) in [6, 6.07) is 6.56. The van der Waals surface area contributed by atoms with Crippen molar-refractivity contribution >= 4 is 40.5 Å². The van der Waals surface area contributed by atoms with E-state index in [1.807, 2.05) is 12.1 Å². The molecule has 8 heteroatoms. The summed E-state index contributed by atoms with van der Waals surface area (Å²) in [5, 5.41) is 13.4. The number of nitrogens with one attached hydrogen (secondary N) is 1. The molecular formula is C18H22ClN3O3S. The number of aliphatic hydroxyl groups is 1. The van der Waals surface area contributed by atoms with Crippen LogP contribution in [-0.2, 0) is 16.1 Å². The number of carbonyl (C=O) groups excluding carboxylic acids is 2. The molecule has 1 saturated heterocycles. The first kappa shape index (κ1) is 20.4. The fourth-order valence-corrected chi connectivity index (χ4v) is 3.27. The predicted molar refractivity (Wildman–Crippen MR) is 105 cm³/mol. The highest BCUT2D eigenvalue weighted by Crippen LogP contribution is 2.20. The Kier molecular flexibility index (Phi) is 7.14. The minimum Gasteiger partial charge on any atom is -0.402 e. The molecule has 1 heterocycles. The van der Waals surface area contributed by atoms with Crippen molar-refractivity contribution in [1.29, 1.82) is 0 Å². The van der Waals surface area contributed by atoms with Crippen LogP contribution in [0.3, 0.4) is 0 Å². The molecule has 0 spiro atoms. The molecule has 140 valence electrons. The molecule has 6 nitrogen and oxygen atoms in total. The van der Waals surface area contributed by atoms with Gasteiger partial charge in [-0.2, -0.15) is 0 Å². The maximum absolute atomic E-state index is 12.5. The van der Waals surface area contributed by atoms with Gasteiger partial charge < -0.3 is 21.1 Å². The zero-order valence-corrected chi connectivity index (χ0v) is 16.0. The monoisotopic (exact) mass is 395 g/mol. The van der Waals surface area contributed by atoms with Crippen LogP contribution in [-0.4, -0.2) is 45.4 Å². The lowest BCUT2D eigenvalue weighted by Gasteiger charge is -2.25. The van der Waals surface area contributed by atoms with Crippen LogP contribution in [0.5, 0.6) is 0 Å². The highest BCUT2D eigenvalue weighted by atomic mass is 35.5. The molecule has 0 radical (unpaired) electrons. The third-order valence-corrected chi connectivity index (χ3v) is 4.63. The van der Waals surface area contributed by atoms with Gasteiger partial charge in [-0.3, -0.25) is 9.59 Å². The zero-order chi connectivity index (χ0) is 19.3. The summed E-state index contributed by atoms with van der Waals surface area (Å²) in [5.41, 5.74) is 6.81.